The number of benzene rings is 1. The van der Waals surface area contributed by atoms with Gasteiger partial charge < -0.3 is 14.8 Å². The van der Waals surface area contributed by atoms with Crippen molar-refractivity contribution in [2.24, 2.45) is 0 Å². The van der Waals surface area contributed by atoms with Gasteiger partial charge in [-0.3, -0.25) is 9.69 Å². The van der Waals surface area contributed by atoms with Gasteiger partial charge in [0.05, 0.1) is 11.7 Å². The quantitative estimate of drug-likeness (QED) is 0.921. The SMILES string of the molecule is CNC(=O)[C@@H]1CCCN1Cc1csc(-c2ccc3c(c2)OCO3)n1. The molecule has 3 heterocycles. The third kappa shape index (κ3) is 2.85. The Morgan fingerprint density at radius 1 is 1.42 bits per heavy atom. The number of likely N-dealkylation sites (tertiary alicyclic amines) is 1. The number of rotatable bonds is 4. The van der Waals surface area contributed by atoms with Gasteiger partial charge in [0, 0.05) is 24.5 Å². The van der Waals surface area contributed by atoms with Crippen molar-refractivity contribution < 1.29 is 14.3 Å². The molecule has 1 N–H and O–H groups in total. The summed E-state index contributed by atoms with van der Waals surface area (Å²) in [7, 11) is 1.69. The van der Waals surface area contributed by atoms with Crippen molar-refractivity contribution >= 4 is 17.2 Å². The molecule has 1 atom stereocenters. The van der Waals surface area contributed by atoms with Gasteiger partial charge in [-0.1, -0.05) is 0 Å². The molecule has 1 amide bonds. The molecular weight excluding hydrogens is 326 g/mol. The highest BCUT2D eigenvalue weighted by Gasteiger charge is 2.30. The molecule has 0 unspecified atom stereocenters. The van der Waals surface area contributed by atoms with Gasteiger partial charge in [-0.25, -0.2) is 4.98 Å². The summed E-state index contributed by atoms with van der Waals surface area (Å²) in [4.78, 5) is 18.9. The highest BCUT2D eigenvalue weighted by Crippen LogP contribution is 2.36. The third-order valence-electron chi connectivity index (χ3n) is 4.45. The maximum atomic E-state index is 12.0. The molecule has 24 heavy (non-hydrogen) atoms. The van der Waals surface area contributed by atoms with E-state index in [-0.39, 0.29) is 18.7 Å². The Hall–Kier alpha value is -2.12. The molecule has 0 saturated carbocycles. The first-order valence-corrected chi connectivity index (χ1v) is 8.92. The van der Waals surface area contributed by atoms with E-state index in [4.69, 9.17) is 14.5 Å². The summed E-state index contributed by atoms with van der Waals surface area (Å²) in [6.45, 7) is 1.92. The molecule has 1 aromatic carbocycles. The van der Waals surface area contributed by atoms with Crippen LogP contribution in [0.5, 0.6) is 11.5 Å². The maximum Gasteiger partial charge on any atom is 0.237 e. The molecule has 2 aromatic rings. The van der Waals surface area contributed by atoms with E-state index in [1.165, 1.54) is 0 Å². The molecule has 1 saturated heterocycles. The van der Waals surface area contributed by atoms with Crippen molar-refractivity contribution in [2.75, 3.05) is 20.4 Å². The first-order chi connectivity index (χ1) is 11.7. The predicted molar refractivity (Wildman–Crippen MR) is 91.2 cm³/mol. The Balaban J connectivity index is 1.50. The average Bonchev–Trinajstić information content (AvgIpc) is 3.34. The van der Waals surface area contributed by atoms with Crippen LogP contribution in [0, 0.1) is 0 Å². The van der Waals surface area contributed by atoms with Crippen LogP contribution in [0.1, 0.15) is 18.5 Å². The zero-order valence-electron chi connectivity index (χ0n) is 13.4. The van der Waals surface area contributed by atoms with Crippen LogP contribution in [0.25, 0.3) is 10.6 Å². The van der Waals surface area contributed by atoms with Crippen LogP contribution >= 0.6 is 11.3 Å². The van der Waals surface area contributed by atoms with Crippen LogP contribution in [0.4, 0.5) is 0 Å². The van der Waals surface area contributed by atoms with Crippen LogP contribution < -0.4 is 14.8 Å². The number of likely N-dealkylation sites (N-methyl/N-ethyl adjacent to an activating group) is 1. The van der Waals surface area contributed by atoms with Gasteiger partial charge in [0.1, 0.15) is 5.01 Å². The monoisotopic (exact) mass is 345 g/mol. The lowest BCUT2D eigenvalue weighted by atomic mass is 10.2. The lowest BCUT2D eigenvalue weighted by Crippen LogP contribution is -2.41. The van der Waals surface area contributed by atoms with Crippen molar-refractivity contribution in [1.82, 2.24) is 15.2 Å². The van der Waals surface area contributed by atoms with Crippen LogP contribution in [0.2, 0.25) is 0 Å². The number of hydrogen-bond donors (Lipinski definition) is 1. The summed E-state index contributed by atoms with van der Waals surface area (Å²) in [6, 6.07) is 5.85. The Kier molecular flexibility index (Phi) is 4.12. The molecule has 0 bridgehead atoms. The predicted octanol–water partition coefficient (Wildman–Crippen LogP) is 2.25. The van der Waals surface area contributed by atoms with Gasteiger partial charge >= 0.3 is 0 Å². The van der Waals surface area contributed by atoms with Crippen LogP contribution in [-0.2, 0) is 11.3 Å². The Bertz CT molecular complexity index is 761. The molecule has 2 aliphatic heterocycles. The van der Waals surface area contributed by atoms with E-state index in [9.17, 15) is 4.79 Å². The second kappa shape index (κ2) is 6.41. The molecule has 2 aliphatic rings. The number of fused-ring (bicyclic) bond motifs is 1. The van der Waals surface area contributed by atoms with Gasteiger partial charge in [0.25, 0.3) is 0 Å². The molecule has 0 radical (unpaired) electrons. The van der Waals surface area contributed by atoms with Crippen LogP contribution in [0.15, 0.2) is 23.6 Å². The molecule has 0 spiro atoms. The van der Waals surface area contributed by atoms with Crippen molar-refractivity contribution in [3.05, 3.63) is 29.3 Å². The van der Waals surface area contributed by atoms with E-state index < -0.39 is 0 Å². The maximum absolute atomic E-state index is 12.0. The van der Waals surface area contributed by atoms with E-state index in [0.29, 0.717) is 6.54 Å². The lowest BCUT2D eigenvalue weighted by molar-refractivity contribution is -0.125. The van der Waals surface area contributed by atoms with E-state index >= 15 is 0 Å². The van der Waals surface area contributed by atoms with Crippen molar-refractivity contribution in [1.29, 1.82) is 0 Å². The topological polar surface area (TPSA) is 63.7 Å². The van der Waals surface area contributed by atoms with Gasteiger partial charge in [-0.2, -0.15) is 0 Å². The first kappa shape index (κ1) is 15.4. The van der Waals surface area contributed by atoms with Crippen molar-refractivity contribution in [3.8, 4) is 22.1 Å². The van der Waals surface area contributed by atoms with E-state index in [1.54, 1.807) is 18.4 Å². The summed E-state index contributed by atoms with van der Waals surface area (Å²) < 4.78 is 10.8. The number of nitrogens with zero attached hydrogens (tertiary/aromatic N) is 2. The minimum Gasteiger partial charge on any atom is -0.454 e. The standard InChI is InChI=1S/C17H19N3O3S/c1-18-16(21)13-3-2-6-20(13)8-12-9-24-17(19-12)11-4-5-14-15(7-11)23-10-22-14/h4-5,7,9,13H,2-3,6,8,10H2,1H3,(H,18,21)/t13-/m0/s1. The number of carbonyl (C=O) groups excluding carboxylic acids is 1. The smallest absolute Gasteiger partial charge is 0.237 e. The number of carbonyl (C=O) groups is 1. The van der Waals surface area contributed by atoms with E-state index in [2.05, 4.69) is 15.6 Å². The number of ether oxygens (including phenoxy) is 2. The van der Waals surface area contributed by atoms with Crippen molar-refractivity contribution in [3.63, 3.8) is 0 Å². The fourth-order valence-electron chi connectivity index (χ4n) is 3.23. The second-order valence-electron chi connectivity index (χ2n) is 5.95. The number of thiazole rings is 1. The normalized spacial score (nSPS) is 19.6. The highest BCUT2D eigenvalue weighted by molar-refractivity contribution is 7.13. The second-order valence-corrected chi connectivity index (χ2v) is 6.81. The van der Waals surface area contributed by atoms with Gasteiger partial charge in [-0.15, -0.1) is 11.3 Å². The fraction of sp³-hybridized carbons (Fsp3) is 0.412. The zero-order chi connectivity index (χ0) is 16.5. The minimum absolute atomic E-state index is 0.0364. The molecule has 0 aliphatic carbocycles. The average molecular weight is 345 g/mol. The van der Waals surface area contributed by atoms with E-state index in [1.807, 2.05) is 18.2 Å². The number of nitrogens with one attached hydrogen (secondary N) is 1. The minimum atomic E-state index is -0.0364. The molecule has 126 valence electrons. The van der Waals surface area contributed by atoms with Gasteiger partial charge in [-0.05, 0) is 37.6 Å². The molecule has 7 heteroatoms. The molecule has 1 fully saturated rings. The summed E-state index contributed by atoms with van der Waals surface area (Å²) in [5.74, 6) is 1.64. The zero-order valence-corrected chi connectivity index (χ0v) is 14.3. The first-order valence-electron chi connectivity index (χ1n) is 8.04. The molecular formula is C17H19N3O3S. The van der Waals surface area contributed by atoms with Crippen molar-refractivity contribution in [2.45, 2.75) is 25.4 Å². The van der Waals surface area contributed by atoms with Gasteiger partial charge in [0.2, 0.25) is 12.7 Å². The summed E-state index contributed by atoms with van der Waals surface area (Å²) in [5.41, 5.74) is 2.03. The summed E-state index contributed by atoms with van der Waals surface area (Å²) >= 11 is 1.61. The summed E-state index contributed by atoms with van der Waals surface area (Å²) in [6.07, 6.45) is 1.97. The van der Waals surface area contributed by atoms with Crippen LogP contribution in [-0.4, -0.2) is 42.2 Å². The number of aromatic nitrogens is 1. The Morgan fingerprint density at radius 3 is 3.17 bits per heavy atom. The molecule has 4 rings (SSSR count). The number of hydrogen-bond acceptors (Lipinski definition) is 6. The highest BCUT2D eigenvalue weighted by atomic mass is 32.1. The largest absolute Gasteiger partial charge is 0.454 e. The van der Waals surface area contributed by atoms with Crippen LogP contribution in [0.3, 0.4) is 0 Å². The number of amides is 1. The van der Waals surface area contributed by atoms with Gasteiger partial charge in [0.15, 0.2) is 11.5 Å². The lowest BCUT2D eigenvalue weighted by Gasteiger charge is -2.21. The Labute approximate surface area is 144 Å². The Morgan fingerprint density at radius 2 is 2.29 bits per heavy atom. The van der Waals surface area contributed by atoms with E-state index in [0.717, 1.165) is 47.2 Å². The third-order valence-corrected chi connectivity index (χ3v) is 5.39. The molecule has 6 nitrogen and oxygen atoms in total. The summed E-state index contributed by atoms with van der Waals surface area (Å²) in [5, 5.41) is 5.78. The fourth-order valence-corrected chi connectivity index (χ4v) is 4.04. The molecule has 1 aromatic heterocycles.